The molecule has 3 aromatic carbocycles. The lowest BCUT2D eigenvalue weighted by atomic mass is 9.83. The highest BCUT2D eigenvalue weighted by Crippen LogP contribution is 2.44. The third-order valence-corrected chi connectivity index (χ3v) is 9.30. The van der Waals surface area contributed by atoms with Gasteiger partial charge in [-0.05, 0) is 41.4 Å². The number of hydrogen-bond donors (Lipinski definition) is 0. The molecule has 4 rings (SSSR count). The van der Waals surface area contributed by atoms with Gasteiger partial charge in [-0.25, -0.2) is 0 Å². The normalized spacial score (nSPS) is 14.5. The summed E-state index contributed by atoms with van der Waals surface area (Å²) in [5.74, 6) is 2.63. The second kappa shape index (κ2) is 7.48. The summed E-state index contributed by atoms with van der Waals surface area (Å²) >= 11 is 0. The van der Waals surface area contributed by atoms with Gasteiger partial charge >= 0.3 is 0 Å². The van der Waals surface area contributed by atoms with Crippen molar-refractivity contribution in [1.29, 1.82) is 0 Å². The van der Waals surface area contributed by atoms with Crippen LogP contribution in [0, 0.1) is 5.92 Å². The van der Waals surface area contributed by atoms with Crippen LogP contribution in [0.2, 0.25) is 0 Å². The van der Waals surface area contributed by atoms with Crippen molar-refractivity contribution >= 4 is 34.4 Å². The molecule has 0 aromatic heterocycles. The van der Waals surface area contributed by atoms with Crippen LogP contribution in [0.25, 0.3) is 0 Å². The van der Waals surface area contributed by atoms with Crippen molar-refractivity contribution < 1.29 is 4.79 Å². The van der Waals surface area contributed by atoms with Gasteiger partial charge < -0.3 is 0 Å². The maximum absolute atomic E-state index is 13.1. The van der Waals surface area contributed by atoms with E-state index in [1.807, 2.05) is 18.2 Å². The molecule has 0 N–H and O–H groups in total. The topological polar surface area (TPSA) is 17.1 Å². The quantitative estimate of drug-likeness (QED) is 0.626. The van der Waals surface area contributed by atoms with E-state index in [0.717, 1.165) is 12.8 Å². The molecule has 0 radical (unpaired) electrons. The number of hydrogen-bond acceptors (Lipinski definition) is 1. The van der Waals surface area contributed by atoms with E-state index in [2.05, 4.69) is 78.6 Å². The molecule has 0 amide bonds. The minimum Gasteiger partial charge on any atom is -0.294 e. The first-order valence-corrected chi connectivity index (χ1v) is 11.1. The van der Waals surface area contributed by atoms with E-state index < -0.39 is 6.89 Å². The zero-order chi connectivity index (χ0) is 17.8. The van der Waals surface area contributed by atoms with E-state index in [-0.39, 0.29) is 5.92 Å². The van der Waals surface area contributed by atoms with Crippen LogP contribution < -0.4 is 15.9 Å². The van der Waals surface area contributed by atoms with Gasteiger partial charge in [-0.1, -0.05) is 97.4 Å². The second-order valence-corrected chi connectivity index (χ2v) is 10.1. The Labute approximate surface area is 155 Å². The average Bonchev–Trinajstić information content (AvgIpc) is 2.67. The molecule has 0 saturated heterocycles. The predicted molar refractivity (Wildman–Crippen MR) is 114 cm³/mol. The van der Waals surface area contributed by atoms with E-state index in [9.17, 15) is 4.79 Å². The average molecular weight is 358 g/mol. The Morgan fingerprint density at radius 3 is 1.38 bits per heavy atom. The summed E-state index contributed by atoms with van der Waals surface area (Å²) in [7, 11) is 0. The molecule has 130 valence electrons. The van der Waals surface area contributed by atoms with Gasteiger partial charge in [0.25, 0.3) is 0 Å². The molecule has 0 bridgehead atoms. The summed E-state index contributed by atoms with van der Waals surface area (Å²) in [6, 6.07) is 31.7. The zero-order valence-corrected chi connectivity index (χ0v) is 15.7. The maximum atomic E-state index is 13.1. The van der Waals surface area contributed by atoms with E-state index in [4.69, 9.17) is 0 Å². The number of benzene rings is 3. The van der Waals surface area contributed by atoms with Crippen LogP contribution in [-0.2, 0) is 4.79 Å². The molecule has 26 heavy (non-hydrogen) atoms. The van der Waals surface area contributed by atoms with E-state index in [0.29, 0.717) is 5.78 Å². The van der Waals surface area contributed by atoms with Gasteiger partial charge in [0, 0.05) is 5.92 Å². The predicted octanol–water partition coefficient (Wildman–Crippen LogP) is 4.15. The van der Waals surface area contributed by atoms with Gasteiger partial charge in [-0.15, -0.1) is 0 Å². The number of carbonyl (C=O) groups is 1. The van der Waals surface area contributed by atoms with Crippen LogP contribution in [0.3, 0.4) is 0 Å². The van der Waals surface area contributed by atoms with Gasteiger partial charge in [0.15, 0.2) is 5.78 Å². The monoisotopic (exact) mass is 358 g/mol. The largest absolute Gasteiger partial charge is 0.294 e. The standard InChI is InChI=1S/C24H23OP/c25-24(20-11-10-12-20)19-26(21-13-4-1-5-14-21,22-15-6-2-7-16-22)23-17-8-3-9-18-23/h1-9,13-20H,10-12H2. The molecule has 1 aliphatic carbocycles. The summed E-state index contributed by atoms with van der Waals surface area (Å²) in [6.45, 7) is -2.12. The molecule has 1 saturated carbocycles. The van der Waals surface area contributed by atoms with E-state index in [1.165, 1.54) is 22.3 Å². The molecule has 0 aliphatic heterocycles. The smallest absolute Gasteiger partial charge is 0.159 e. The molecule has 1 fully saturated rings. The Balaban J connectivity index is 2.03. The van der Waals surface area contributed by atoms with Crippen LogP contribution in [0.4, 0.5) is 0 Å². The maximum Gasteiger partial charge on any atom is 0.159 e. The summed E-state index contributed by atoms with van der Waals surface area (Å²) in [4.78, 5) is 13.1. The molecule has 0 heterocycles. The number of carbonyl (C=O) groups excluding carboxylic acids is 1. The van der Waals surface area contributed by atoms with Crippen molar-refractivity contribution in [2.45, 2.75) is 19.3 Å². The van der Waals surface area contributed by atoms with Crippen LogP contribution >= 0.6 is 6.89 Å². The fourth-order valence-corrected chi connectivity index (χ4v) is 7.51. The van der Waals surface area contributed by atoms with Gasteiger partial charge in [-0.2, -0.15) is 0 Å². The SMILES string of the molecule is O=C(C=P(c1ccccc1)(c1ccccc1)c1ccccc1)C1CCC1. The first kappa shape index (κ1) is 17.1. The van der Waals surface area contributed by atoms with Crippen LogP contribution in [0.5, 0.6) is 0 Å². The lowest BCUT2D eigenvalue weighted by molar-refractivity contribution is -0.118. The van der Waals surface area contributed by atoms with Crippen molar-refractivity contribution in [1.82, 2.24) is 0 Å². The molecule has 3 aromatic rings. The first-order valence-electron chi connectivity index (χ1n) is 9.26. The third kappa shape index (κ3) is 3.08. The highest BCUT2D eigenvalue weighted by atomic mass is 31.2. The fourth-order valence-electron chi connectivity index (χ4n) is 3.65. The van der Waals surface area contributed by atoms with E-state index >= 15 is 0 Å². The molecular formula is C24H23OP. The minimum absolute atomic E-state index is 0.213. The highest BCUT2D eigenvalue weighted by molar-refractivity contribution is 7.95. The van der Waals surface area contributed by atoms with Crippen molar-refractivity contribution in [2.75, 3.05) is 0 Å². The molecule has 0 unspecified atom stereocenters. The zero-order valence-electron chi connectivity index (χ0n) is 14.8. The van der Waals surface area contributed by atoms with Crippen molar-refractivity contribution in [3.8, 4) is 0 Å². The molecule has 1 aliphatic rings. The van der Waals surface area contributed by atoms with Gasteiger partial charge in [0.05, 0.1) is 0 Å². The molecule has 2 heteroatoms. The van der Waals surface area contributed by atoms with Gasteiger partial charge in [0.2, 0.25) is 0 Å². The first-order chi connectivity index (χ1) is 12.8. The molecule has 0 spiro atoms. The minimum atomic E-state index is -2.12. The Morgan fingerprint density at radius 1 is 0.692 bits per heavy atom. The number of rotatable bonds is 5. The van der Waals surface area contributed by atoms with Gasteiger partial charge in [-0.3, -0.25) is 4.79 Å². The lowest BCUT2D eigenvalue weighted by Crippen LogP contribution is -2.31. The number of Topliss-reactive ketones (excluding diaryl/α,β-unsaturated/α-hetero) is 1. The van der Waals surface area contributed by atoms with Gasteiger partial charge in [0.1, 0.15) is 0 Å². The van der Waals surface area contributed by atoms with Crippen LogP contribution in [0.1, 0.15) is 19.3 Å². The lowest BCUT2D eigenvalue weighted by Gasteiger charge is -2.30. The molecule has 0 atom stereocenters. The number of ketones is 1. The highest BCUT2D eigenvalue weighted by Gasteiger charge is 2.30. The van der Waals surface area contributed by atoms with Crippen molar-refractivity contribution in [3.05, 3.63) is 91.0 Å². The van der Waals surface area contributed by atoms with Crippen molar-refractivity contribution in [2.24, 2.45) is 5.92 Å². The molecular weight excluding hydrogens is 335 g/mol. The Kier molecular flexibility index (Phi) is 4.91. The summed E-state index contributed by atoms with van der Waals surface area (Å²) in [6.07, 6.45) is 3.25. The fraction of sp³-hybridized carbons (Fsp3) is 0.167. The van der Waals surface area contributed by atoms with Crippen LogP contribution in [0.15, 0.2) is 91.0 Å². The second-order valence-electron chi connectivity index (χ2n) is 6.89. The van der Waals surface area contributed by atoms with Crippen molar-refractivity contribution in [3.63, 3.8) is 0 Å². The third-order valence-electron chi connectivity index (χ3n) is 5.32. The van der Waals surface area contributed by atoms with E-state index in [1.54, 1.807) is 0 Å². The Morgan fingerprint density at radius 2 is 1.08 bits per heavy atom. The molecule has 1 nitrogen and oxygen atoms in total. The summed E-state index contributed by atoms with van der Waals surface area (Å²) in [5.41, 5.74) is 0. The Bertz CT molecular complexity index is 822. The van der Waals surface area contributed by atoms with Crippen LogP contribution in [-0.4, -0.2) is 11.6 Å². The summed E-state index contributed by atoms with van der Waals surface area (Å²) < 4.78 is 0. The summed E-state index contributed by atoms with van der Waals surface area (Å²) in [5, 5.41) is 3.72. The Hall–Kier alpha value is -2.37.